The molecule has 1 atom stereocenters. The standard InChI is InChI=1S/C29H33FN2O4S/c1-35-23-14-15-25(26(17-23)36-2)28(29(34)31-22-7-4-3-5-8-22)32(19-20-10-12-21(30)13-11-20)27(33)18-24-9-6-16-37-24/h6,9-17,22,28H,3-5,7-8,18-19H2,1-2H3,(H,31,34). The smallest absolute Gasteiger partial charge is 0.247 e. The van der Waals surface area contributed by atoms with Crippen LogP contribution in [0.25, 0.3) is 0 Å². The van der Waals surface area contributed by atoms with E-state index in [1.54, 1.807) is 42.3 Å². The number of rotatable bonds is 10. The average Bonchev–Trinajstić information content (AvgIpc) is 3.43. The van der Waals surface area contributed by atoms with Gasteiger partial charge in [0.25, 0.3) is 0 Å². The zero-order valence-corrected chi connectivity index (χ0v) is 22.1. The van der Waals surface area contributed by atoms with Gasteiger partial charge in [0.1, 0.15) is 23.4 Å². The van der Waals surface area contributed by atoms with Crippen molar-refractivity contribution in [2.75, 3.05) is 14.2 Å². The summed E-state index contributed by atoms with van der Waals surface area (Å²) in [5, 5.41) is 5.13. The van der Waals surface area contributed by atoms with Crippen molar-refractivity contribution < 1.29 is 23.5 Å². The summed E-state index contributed by atoms with van der Waals surface area (Å²) < 4.78 is 24.7. The molecule has 1 saturated carbocycles. The first kappa shape index (κ1) is 26.7. The monoisotopic (exact) mass is 524 g/mol. The van der Waals surface area contributed by atoms with Gasteiger partial charge in [-0.3, -0.25) is 9.59 Å². The second kappa shape index (κ2) is 12.7. The summed E-state index contributed by atoms with van der Waals surface area (Å²) in [4.78, 5) is 30.3. The molecule has 0 radical (unpaired) electrons. The van der Waals surface area contributed by atoms with Crippen molar-refractivity contribution in [1.82, 2.24) is 10.2 Å². The first-order chi connectivity index (χ1) is 18.0. The van der Waals surface area contributed by atoms with E-state index in [4.69, 9.17) is 9.47 Å². The van der Waals surface area contributed by atoms with Crippen LogP contribution in [0.4, 0.5) is 4.39 Å². The summed E-state index contributed by atoms with van der Waals surface area (Å²) in [6.45, 7) is 0.141. The molecule has 2 amide bonds. The van der Waals surface area contributed by atoms with Crippen LogP contribution < -0.4 is 14.8 Å². The van der Waals surface area contributed by atoms with E-state index in [9.17, 15) is 14.0 Å². The fourth-order valence-corrected chi connectivity index (χ4v) is 5.49. The molecule has 1 heterocycles. The minimum Gasteiger partial charge on any atom is -0.497 e. The molecule has 1 aliphatic carbocycles. The van der Waals surface area contributed by atoms with Gasteiger partial charge in [-0.15, -0.1) is 11.3 Å². The molecule has 1 aromatic heterocycles. The minimum atomic E-state index is -0.944. The van der Waals surface area contributed by atoms with Gasteiger partial charge in [-0.25, -0.2) is 4.39 Å². The number of carbonyl (C=O) groups excluding carboxylic acids is 2. The van der Waals surface area contributed by atoms with Crippen molar-refractivity contribution in [2.45, 2.75) is 57.2 Å². The molecule has 0 bridgehead atoms. The van der Waals surface area contributed by atoms with Crippen molar-refractivity contribution in [3.8, 4) is 11.5 Å². The molecule has 0 saturated heterocycles. The number of nitrogens with one attached hydrogen (secondary N) is 1. The lowest BCUT2D eigenvalue weighted by Crippen LogP contribution is -2.47. The quantitative estimate of drug-likeness (QED) is 0.371. The molecule has 1 fully saturated rings. The first-order valence-electron chi connectivity index (χ1n) is 12.6. The summed E-state index contributed by atoms with van der Waals surface area (Å²) in [6.07, 6.45) is 5.29. The molecule has 2 aromatic carbocycles. The van der Waals surface area contributed by atoms with Crippen LogP contribution in [0.1, 0.15) is 54.1 Å². The van der Waals surface area contributed by atoms with Gasteiger partial charge >= 0.3 is 0 Å². The molecule has 1 unspecified atom stereocenters. The van der Waals surface area contributed by atoms with Gasteiger partial charge < -0.3 is 19.7 Å². The molecule has 6 nitrogen and oxygen atoms in total. The summed E-state index contributed by atoms with van der Waals surface area (Å²) in [5.41, 5.74) is 1.29. The third kappa shape index (κ3) is 6.89. The van der Waals surface area contributed by atoms with E-state index in [0.717, 1.165) is 42.5 Å². The lowest BCUT2D eigenvalue weighted by atomic mass is 9.94. The number of carbonyl (C=O) groups is 2. The maximum atomic E-state index is 14.0. The summed E-state index contributed by atoms with van der Waals surface area (Å²) in [5.74, 6) is 0.229. The van der Waals surface area contributed by atoms with Gasteiger partial charge in [0.15, 0.2) is 0 Å². The molecule has 0 spiro atoms. The number of amides is 2. The maximum Gasteiger partial charge on any atom is 0.247 e. The number of halogens is 1. The van der Waals surface area contributed by atoms with Crippen molar-refractivity contribution in [3.05, 3.63) is 81.8 Å². The van der Waals surface area contributed by atoms with Crippen LogP contribution in [-0.2, 0) is 22.6 Å². The molecular weight excluding hydrogens is 491 g/mol. The zero-order chi connectivity index (χ0) is 26.2. The van der Waals surface area contributed by atoms with Crippen LogP contribution in [-0.4, -0.2) is 37.0 Å². The van der Waals surface area contributed by atoms with Gasteiger partial charge in [-0.05, 0) is 54.1 Å². The highest BCUT2D eigenvalue weighted by atomic mass is 32.1. The molecule has 1 aliphatic rings. The van der Waals surface area contributed by atoms with Gasteiger partial charge in [0.2, 0.25) is 11.8 Å². The van der Waals surface area contributed by atoms with E-state index in [1.165, 1.54) is 30.6 Å². The van der Waals surface area contributed by atoms with Crippen LogP contribution in [0.5, 0.6) is 11.5 Å². The third-order valence-corrected chi connectivity index (χ3v) is 7.62. The summed E-state index contributed by atoms with van der Waals surface area (Å²) in [6, 6.07) is 14.2. The topological polar surface area (TPSA) is 67.9 Å². The summed E-state index contributed by atoms with van der Waals surface area (Å²) in [7, 11) is 3.10. The van der Waals surface area contributed by atoms with Crippen molar-refractivity contribution in [1.29, 1.82) is 0 Å². The fraction of sp³-hybridized carbons (Fsp3) is 0.379. The van der Waals surface area contributed by atoms with Crippen molar-refractivity contribution in [3.63, 3.8) is 0 Å². The number of hydrogen-bond acceptors (Lipinski definition) is 5. The highest BCUT2D eigenvalue weighted by Crippen LogP contribution is 2.35. The third-order valence-electron chi connectivity index (χ3n) is 6.74. The Kier molecular flexibility index (Phi) is 9.17. The lowest BCUT2D eigenvalue weighted by Gasteiger charge is -2.34. The molecule has 196 valence electrons. The van der Waals surface area contributed by atoms with E-state index in [2.05, 4.69) is 5.32 Å². The molecule has 37 heavy (non-hydrogen) atoms. The Balaban J connectivity index is 1.76. The minimum absolute atomic E-state index is 0.0630. The molecule has 8 heteroatoms. The fourth-order valence-electron chi connectivity index (χ4n) is 4.80. The predicted molar refractivity (Wildman–Crippen MR) is 142 cm³/mol. The van der Waals surface area contributed by atoms with Crippen LogP contribution in [0.15, 0.2) is 60.0 Å². The predicted octanol–water partition coefficient (Wildman–Crippen LogP) is 5.67. The van der Waals surface area contributed by atoms with E-state index in [-0.39, 0.29) is 36.6 Å². The van der Waals surface area contributed by atoms with Crippen LogP contribution in [0.2, 0.25) is 0 Å². The highest BCUT2D eigenvalue weighted by molar-refractivity contribution is 7.10. The number of hydrogen-bond donors (Lipinski definition) is 1. The van der Waals surface area contributed by atoms with Crippen LogP contribution >= 0.6 is 11.3 Å². The van der Waals surface area contributed by atoms with Crippen molar-refractivity contribution >= 4 is 23.2 Å². The number of thiophene rings is 1. The number of ether oxygens (including phenoxy) is 2. The number of nitrogens with zero attached hydrogens (tertiary/aromatic N) is 1. The normalized spacial score (nSPS) is 14.6. The van der Waals surface area contributed by atoms with Gasteiger partial charge in [-0.1, -0.05) is 37.5 Å². The number of benzene rings is 2. The van der Waals surface area contributed by atoms with Crippen LogP contribution in [0.3, 0.4) is 0 Å². The van der Waals surface area contributed by atoms with Crippen molar-refractivity contribution in [2.24, 2.45) is 0 Å². The SMILES string of the molecule is COc1ccc(C(C(=O)NC2CCCCC2)N(Cc2ccc(F)cc2)C(=O)Cc2cccs2)c(OC)c1. The lowest BCUT2D eigenvalue weighted by molar-refractivity contribution is -0.141. The van der Waals surface area contributed by atoms with E-state index >= 15 is 0 Å². The Hall–Kier alpha value is -3.39. The first-order valence-corrected chi connectivity index (χ1v) is 13.4. The maximum absolute atomic E-state index is 14.0. The highest BCUT2D eigenvalue weighted by Gasteiger charge is 2.35. The average molecular weight is 525 g/mol. The largest absolute Gasteiger partial charge is 0.497 e. The Morgan fingerprint density at radius 2 is 1.81 bits per heavy atom. The molecule has 4 rings (SSSR count). The Morgan fingerprint density at radius 3 is 2.46 bits per heavy atom. The molecule has 3 aromatic rings. The second-order valence-corrected chi connectivity index (χ2v) is 10.3. The van der Waals surface area contributed by atoms with Gasteiger partial charge in [0, 0.05) is 29.1 Å². The van der Waals surface area contributed by atoms with E-state index in [0.29, 0.717) is 17.1 Å². The Labute approximate surface area is 221 Å². The van der Waals surface area contributed by atoms with Gasteiger partial charge in [-0.2, -0.15) is 0 Å². The van der Waals surface area contributed by atoms with Crippen LogP contribution in [0, 0.1) is 5.82 Å². The van der Waals surface area contributed by atoms with E-state index in [1.807, 2.05) is 17.5 Å². The van der Waals surface area contributed by atoms with Gasteiger partial charge in [0.05, 0.1) is 20.6 Å². The summed E-state index contributed by atoms with van der Waals surface area (Å²) >= 11 is 1.50. The molecule has 1 N–H and O–H groups in total. The molecule has 0 aliphatic heterocycles. The number of methoxy groups -OCH3 is 2. The Morgan fingerprint density at radius 1 is 1.05 bits per heavy atom. The van der Waals surface area contributed by atoms with E-state index < -0.39 is 6.04 Å². The zero-order valence-electron chi connectivity index (χ0n) is 21.2. The second-order valence-electron chi connectivity index (χ2n) is 9.26. The Bertz CT molecular complexity index is 1180. The molecular formula is C29H33FN2O4S.